The Morgan fingerprint density at radius 1 is 1.14 bits per heavy atom. The third-order valence-electron chi connectivity index (χ3n) is 6.49. The monoisotopic (exact) mass is 481 g/mol. The molecule has 0 saturated carbocycles. The van der Waals surface area contributed by atoms with E-state index in [0.717, 1.165) is 31.0 Å². The number of piperazine rings is 1. The third kappa shape index (κ3) is 6.35. The zero-order chi connectivity index (χ0) is 24.6. The minimum Gasteiger partial charge on any atom is -0.379 e. The molecule has 11 heteroatoms. The van der Waals surface area contributed by atoms with Crippen LogP contribution < -0.4 is 15.4 Å². The van der Waals surface area contributed by atoms with Gasteiger partial charge in [-0.05, 0) is 25.5 Å². The number of amides is 1. The molecule has 0 spiro atoms. The van der Waals surface area contributed by atoms with E-state index in [2.05, 4.69) is 31.1 Å². The van der Waals surface area contributed by atoms with Crippen molar-refractivity contribution in [2.75, 3.05) is 75.5 Å². The number of hydrogen-bond acceptors (Lipinski definition) is 9. The van der Waals surface area contributed by atoms with Crippen LogP contribution in [0, 0.1) is 24.2 Å². The minimum atomic E-state index is -0.154. The van der Waals surface area contributed by atoms with E-state index in [9.17, 15) is 9.59 Å². The largest absolute Gasteiger partial charge is 0.379 e. The highest BCUT2D eigenvalue weighted by Crippen LogP contribution is 2.24. The Kier molecular flexibility index (Phi) is 8.28. The van der Waals surface area contributed by atoms with Crippen molar-refractivity contribution < 1.29 is 14.3 Å². The number of pyridine rings is 1. The van der Waals surface area contributed by atoms with Gasteiger partial charge in [0.2, 0.25) is 5.91 Å². The fourth-order valence-corrected chi connectivity index (χ4v) is 4.40. The first-order valence-corrected chi connectivity index (χ1v) is 11.9. The zero-order valence-electron chi connectivity index (χ0n) is 20.0. The second-order valence-electron chi connectivity index (χ2n) is 8.82. The summed E-state index contributed by atoms with van der Waals surface area (Å²) in [5, 5.41) is 15.3. The summed E-state index contributed by atoms with van der Waals surface area (Å²) in [6, 6.07) is 5.65. The van der Waals surface area contributed by atoms with Gasteiger partial charge in [-0.25, -0.2) is 10.1 Å². The summed E-state index contributed by atoms with van der Waals surface area (Å²) in [6.45, 7) is 7.60. The van der Waals surface area contributed by atoms with Gasteiger partial charge < -0.3 is 24.2 Å². The fourth-order valence-electron chi connectivity index (χ4n) is 4.40. The Morgan fingerprint density at radius 3 is 2.69 bits per heavy atom. The summed E-state index contributed by atoms with van der Waals surface area (Å²) in [7, 11) is 0. The summed E-state index contributed by atoms with van der Waals surface area (Å²) in [4.78, 5) is 34.6. The molecule has 2 aromatic heterocycles. The maximum absolute atomic E-state index is 12.4. The van der Waals surface area contributed by atoms with Crippen LogP contribution in [0.3, 0.4) is 0 Å². The number of nitriles is 1. The van der Waals surface area contributed by atoms with E-state index < -0.39 is 0 Å². The number of aromatic amines is 1. The molecule has 2 aliphatic rings. The summed E-state index contributed by atoms with van der Waals surface area (Å²) >= 11 is 0. The third-order valence-corrected chi connectivity index (χ3v) is 6.49. The summed E-state index contributed by atoms with van der Waals surface area (Å²) < 4.78 is 11.3. The van der Waals surface area contributed by atoms with E-state index in [1.54, 1.807) is 23.4 Å². The molecule has 2 saturated heterocycles. The number of anilines is 2. The molecule has 35 heavy (non-hydrogen) atoms. The molecule has 0 radical (unpaired) electrons. The first-order chi connectivity index (χ1) is 17.0. The van der Waals surface area contributed by atoms with Gasteiger partial charge in [0, 0.05) is 56.9 Å². The lowest BCUT2D eigenvalue weighted by Crippen LogP contribution is -2.50. The average Bonchev–Trinajstić information content (AvgIpc) is 3.36. The highest BCUT2D eigenvalue weighted by Gasteiger charge is 2.25. The topological polar surface area (TPSA) is 128 Å². The van der Waals surface area contributed by atoms with Crippen LogP contribution in [0.1, 0.15) is 17.5 Å². The number of aromatic nitrogens is 3. The van der Waals surface area contributed by atoms with Gasteiger partial charge in [-0.3, -0.25) is 9.59 Å². The number of H-pyrrole nitrogens is 1. The zero-order valence-corrected chi connectivity index (χ0v) is 20.0. The van der Waals surface area contributed by atoms with Crippen molar-refractivity contribution in [2.45, 2.75) is 13.3 Å². The second kappa shape index (κ2) is 11.8. The summed E-state index contributed by atoms with van der Waals surface area (Å²) in [5.74, 6) is 1.18. The van der Waals surface area contributed by atoms with E-state index in [-0.39, 0.29) is 18.1 Å². The van der Waals surface area contributed by atoms with Crippen molar-refractivity contribution in [2.24, 2.45) is 5.92 Å². The second-order valence-corrected chi connectivity index (χ2v) is 8.82. The number of carbonyl (C=O) groups is 1. The van der Waals surface area contributed by atoms with Gasteiger partial charge >= 0.3 is 0 Å². The van der Waals surface area contributed by atoms with E-state index >= 15 is 0 Å². The first-order valence-electron chi connectivity index (χ1n) is 11.9. The first kappa shape index (κ1) is 24.6. The Hall–Kier alpha value is -3.49. The molecule has 186 valence electrons. The van der Waals surface area contributed by atoms with E-state index in [4.69, 9.17) is 14.7 Å². The van der Waals surface area contributed by atoms with Gasteiger partial charge in [-0.1, -0.05) is 0 Å². The lowest BCUT2D eigenvalue weighted by Gasteiger charge is -2.35. The van der Waals surface area contributed by atoms with Crippen molar-refractivity contribution in [3.63, 3.8) is 0 Å². The van der Waals surface area contributed by atoms with Gasteiger partial charge in [0.1, 0.15) is 18.5 Å². The van der Waals surface area contributed by atoms with Gasteiger partial charge in [0.05, 0.1) is 37.3 Å². The number of nitrogens with zero attached hydrogens (tertiary/aromatic N) is 6. The Balaban J connectivity index is 1.08. The van der Waals surface area contributed by atoms with Crippen LogP contribution in [-0.4, -0.2) is 91.7 Å². The highest BCUT2D eigenvalue weighted by atomic mass is 16.5. The average molecular weight is 482 g/mol. The molecule has 4 rings (SSSR count). The number of hydrogen-bond donors (Lipinski definition) is 1. The number of ether oxygens (including phenoxy) is 2. The molecule has 1 amide bonds. The smallest absolute Gasteiger partial charge is 0.269 e. The SMILES string of the molecule is Cc1c(N2CCC(COCCOCC(=O)N3CCN(c4ccc(C#N)cn4)CC3)C2)cn[nH]c1=O. The van der Waals surface area contributed by atoms with Crippen molar-refractivity contribution in [3.8, 4) is 6.07 Å². The molecular formula is C24H31N7O4. The molecule has 2 aliphatic heterocycles. The molecule has 0 aliphatic carbocycles. The molecule has 2 aromatic rings. The lowest BCUT2D eigenvalue weighted by atomic mass is 10.1. The quantitative estimate of drug-likeness (QED) is 0.511. The number of rotatable bonds is 9. The normalized spacial score (nSPS) is 18.1. The fraction of sp³-hybridized carbons (Fsp3) is 0.542. The van der Waals surface area contributed by atoms with Crippen LogP contribution >= 0.6 is 0 Å². The van der Waals surface area contributed by atoms with E-state index in [0.29, 0.717) is 63.0 Å². The van der Waals surface area contributed by atoms with Crippen LogP contribution in [0.2, 0.25) is 0 Å². The van der Waals surface area contributed by atoms with Crippen molar-refractivity contribution in [3.05, 3.63) is 46.0 Å². The molecule has 0 bridgehead atoms. The molecule has 1 unspecified atom stereocenters. The predicted molar refractivity (Wildman–Crippen MR) is 129 cm³/mol. The van der Waals surface area contributed by atoms with Gasteiger partial charge in [0.15, 0.2) is 0 Å². The highest BCUT2D eigenvalue weighted by molar-refractivity contribution is 5.77. The Morgan fingerprint density at radius 2 is 1.94 bits per heavy atom. The Labute approximate surface area is 204 Å². The molecule has 2 fully saturated rings. The lowest BCUT2D eigenvalue weighted by molar-refractivity contribution is -0.137. The van der Waals surface area contributed by atoms with Crippen LogP contribution in [-0.2, 0) is 14.3 Å². The van der Waals surface area contributed by atoms with Crippen molar-refractivity contribution >= 4 is 17.4 Å². The molecule has 0 aromatic carbocycles. The Bertz CT molecular complexity index is 1090. The van der Waals surface area contributed by atoms with Gasteiger partial charge in [0.25, 0.3) is 5.56 Å². The van der Waals surface area contributed by atoms with E-state index in [1.165, 1.54) is 0 Å². The van der Waals surface area contributed by atoms with Gasteiger partial charge in [-0.15, -0.1) is 0 Å². The molecule has 1 N–H and O–H groups in total. The van der Waals surface area contributed by atoms with Crippen LogP contribution in [0.4, 0.5) is 11.5 Å². The van der Waals surface area contributed by atoms with Crippen LogP contribution in [0.25, 0.3) is 0 Å². The van der Waals surface area contributed by atoms with Gasteiger partial charge in [-0.2, -0.15) is 10.4 Å². The maximum atomic E-state index is 12.4. The van der Waals surface area contributed by atoms with E-state index in [1.807, 2.05) is 13.0 Å². The maximum Gasteiger partial charge on any atom is 0.269 e. The number of nitrogens with one attached hydrogen (secondary N) is 1. The molecule has 11 nitrogen and oxygen atoms in total. The summed E-state index contributed by atoms with van der Waals surface area (Å²) in [5.41, 5.74) is 1.95. The molecule has 1 atom stereocenters. The van der Waals surface area contributed by atoms with Crippen molar-refractivity contribution in [1.82, 2.24) is 20.1 Å². The molecular weight excluding hydrogens is 450 g/mol. The van der Waals surface area contributed by atoms with Crippen LogP contribution in [0.5, 0.6) is 0 Å². The predicted octanol–water partition coefficient (Wildman–Crippen LogP) is 0.553. The number of carbonyl (C=O) groups excluding carboxylic acids is 1. The standard InChI is InChI=1S/C24H31N7O4/c1-18-21(14-27-28-24(18)33)31-5-4-20(15-31)16-34-10-11-35-17-23(32)30-8-6-29(7-9-30)22-3-2-19(12-25)13-26-22/h2-3,13-14,20H,4-11,15-17H2,1H3,(H,28,33). The molecule has 4 heterocycles. The van der Waals surface area contributed by atoms with Crippen LogP contribution in [0.15, 0.2) is 29.3 Å². The summed E-state index contributed by atoms with van der Waals surface area (Å²) in [6.07, 6.45) is 4.26. The van der Waals surface area contributed by atoms with Crippen molar-refractivity contribution in [1.29, 1.82) is 5.26 Å². The minimum absolute atomic E-state index is 0.0225.